The number of carbonyl (C=O) groups excluding carboxylic acids is 1. The SMILES string of the molecule is O=C1NC=CNC=C1Nc1nc2c(Br)cccc2c2nc(-c3cnn(C(F)F)c3)nn12. The Labute approximate surface area is 180 Å². The topological polar surface area (TPSA) is 114 Å². The fraction of sp³-hybridized carbons (Fsp3) is 0.0556. The Hall–Kier alpha value is -3.87. The number of fused-ring (bicyclic) bond motifs is 3. The summed E-state index contributed by atoms with van der Waals surface area (Å²) in [6, 6.07) is 5.46. The highest BCUT2D eigenvalue weighted by Gasteiger charge is 2.20. The highest BCUT2D eigenvalue weighted by atomic mass is 79.9. The maximum Gasteiger partial charge on any atom is 0.333 e. The number of benzene rings is 1. The zero-order valence-electron chi connectivity index (χ0n) is 15.4. The number of aromatic nitrogens is 6. The maximum absolute atomic E-state index is 12.9. The summed E-state index contributed by atoms with van der Waals surface area (Å²) in [5.41, 5.74) is 1.51. The highest BCUT2D eigenvalue weighted by molar-refractivity contribution is 9.10. The molecule has 0 fully saturated rings. The third-order valence-electron chi connectivity index (χ3n) is 4.43. The van der Waals surface area contributed by atoms with Gasteiger partial charge < -0.3 is 16.0 Å². The Morgan fingerprint density at radius 1 is 1.19 bits per heavy atom. The van der Waals surface area contributed by atoms with Gasteiger partial charge in [-0.1, -0.05) is 6.07 Å². The van der Waals surface area contributed by atoms with Crippen LogP contribution in [0.1, 0.15) is 6.55 Å². The summed E-state index contributed by atoms with van der Waals surface area (Å²) in [6.07, 6.45) is 6.91. The zero-order valence-corrected chi connectivity index (χ0v) is 17.0. The number of hydrogen-bond donors (Lipinski definition) is 3. The third-order valence-corrected chi connectivity index (χ3v) is 5.07. The first-order valence-corrected chi connectivity index (χ1v) is 9.67. The third kappa shape index (κ3) is 3.38. The maximum atomic E-state index is 12.9. The summed E-state index contributed by atoms with van der Waals surface area (Å²) in [4.78, 5) is 21.4. The van der Waals surface area contributed by atoms with Gasteiger partial charge >= 0.3 is 6.55 Å². The van der Waals surface area contributed by atoms with Crippen LogP contribution >= 0.6 is 15.9 Å². The summed E-state index contributed by atoms with van der Waals surface area (Å²) >= 11 is 3.48. The van der Waals surface area contributed by atoms with Crippen LogP contribution in [0.4, 0.5) is 14.7 Å². The molecule has 13 heteroatoms. The minimum Gasteiger partial charge on any atom is -0.364 e. The van der Waals surface area contributed by atoms with Crippen molar-refractivity contribution in [3.63, 3.8) is 0 Å². The lowest BCUT2D eigenvalue weighted by atomic mass is 10.2. The van der Waals surface area contributed by atoms with Gasteiger partial charge in [0, 0.05) is 34.7 Å². The Morgan fingerprint density at radius 3 is 2.87 bits per heavy atom. The van der Waals surface area contributed by atoms with Gasteiger partial charge in [-0.3, -0.25) is 4.79 Å². The van der Waals surface area contributed by atoms with Crippen molar-refractivity contribution in [1.29, 1.82) is 0 Å². The number of nitrogens with one attached hydrogen (secondary N) is 3. The van der Waals surface area contributed by atoms with Crippen LogP contribution < -0.4 is 16.0 Å². The molecule has 1 amide bonds. The summed E-state index contributed by atoms with van der Waals surface area (Å²) in [5.74, 6) is 0.00443. The number of nitrogens with zero attached hydrogens (tertiary/aromatic N) is 6. The van der Waals surface area contributed by atoms with E-state index >= 15 is 0 Å². The molecular weight excluding hydrogens is 476 g/mol. The monoisotopic (exact) mass is 487 g/mol. The standard InChI is InChI=1S/C18H12BrF2N9O/c19-11-3-1-2-10-13(11)26-18(25-12-7-22-4-5-23-16(12)31)30-15(10)27-14(28-30)9-6-24-29(8-9)17(20)21/h1-8,17,22H,(H,23,31)(H,25,26). The normalized spacial score (nSPS) is 13.9. The molecular formula is C18H12BrF2N9O. The second kappa shape index (κ2) is 7.43. The lowest BCUT2D eigenvalue weighted by molar-refractivity contribution is -0.116. The van der Waals surface area contributed by atoms with Crippen LogP contribution in [0.25, 0.3) is 27.9 Å². The quantitative estimate of drug-likeness (QED) is 0.405. The van der Waals surface area contributed by atoms with Crippen molar-refractivity contribution in [2.45, 2.75) is 6.55 Å². The van der Waals surface area contributed by atoms with Gasteiger partial charge in [-0.25, -0.2) is 14.6 Å². The summed E-state index contributed by atoms with van der Waals surface area (Å²) in [7, 11) is 0. The fourth-order valence-corrected chi connectivity index (χ4v) is 3.47. The molecule has 4 heterocycles. The molecule has 1 aliphatic heterocycles. The number of para-hydroxylation sites is 1. The van der Waals surface area contributed by atoms with E-state index in [-0.39, 0.29) is 23.4 Å². The summed E-state index contributed by atoms with van der Waals surface area (Å²) in [6.45, 7) is -2.77. The second-order valence-corrected chi connectivity index (χ2v) is 7.24. The summed E-state index contributed by atoms with van der Waals surface area (Å²) in [5, 5.41) is 17.1. The van der Waals surface area contributed by atoms with Crippen LogP contribution in [0.15, 0.2) is 59.4 Å². The van der Waals surface area contributed by atoms with Crippen molar-refractivity contribution in [3.05, 3.63) is 59.4 Å². The average molecular weight is 488 g/mol. The van der Waals surface area contributed by atoms with E-state index in [2.05, 4.69) is 52.0 Å². The van der Waals surface area contributed by atoms with Crippen LogP contribution in [0.2, 0.25) is 0 Å². The van der Waals surface area contributed by atoms with Crippen LogP contribution in [0.5, 0.6) is 0 Å². The first-order valence-electron chi connectivity index (χ1n) is 8.88. The van der Waals surface area contributed by atoms with Crippen molar-refractivity contribution < 1.29 is 13.6 Å². The lowest BCUT2D eigenvalue weighted by Crippen LogP contribution is -2.24. The van der Waals surface area contributed by atoms with Gasteiger partial charge in [-0.05, 0) is 28.1 Å². The van der Waals surface area contributed by atoms with E-state index in [1.165, 1.54) is 23.1 Å². The molecule has 0 bridgehead atoms. The molecule has 0 atom stereocenters. The molecule has 1 aliphatic rings. The molecule has 0 saturated heterocycles. The Kier molecular flexibility index (Phi) is 4.58. The number of amides is 1. The number of carbonyl (C=O) groups is 1. The largest absolute Gasteiger partial charge is 0.364 e. The Balaban J connectivity index is 1.69. The van der Waals surface area contributed by atoms with Gasteiger partial charge in [0.05, 0.1) is 17.3 Å². The van der Waals surface area contributed by atoms with Gasteiger partial charge in [0.2, 0.25) is 5.95 Å². The van der Waals surface area contributed by atoms with Crippen molar-refractivity contribution in [1.82, 2.24) is 40.0 Å². The van der Waals surface area contributed by atoms with E-state index < -0.39 is 6.55 Å². The van der Waals surface area contributed by atoms with E-state index in [1.54, 1.807) is 6.20 Å². The first-order chi connectivity index (χ1) is 15.0. The summed E-state index contributed by atoms with van der Waals surface area (Å²) < 4.78 is 28.5. The van der Waals surface area contributed by atoms with E-state index in [1.807, 2.05) is 18.2 Å². The van der Waals surface area contributed by atoms with Crippen molar-refractivity contribution >= 4 is 44.3 Å². The smallest absolute Gasteiger partial charge is 0.333 e. The van der Waals surface area contributed by atoms with E-state index in [0.29, 0.717) is 31.3 Å². The molecule has 5 rings (SSSR count). The zero-order chi connectivity index (χ0) is 21.5. The Morgan fingerprint density at radius 2 is 2.06 bits per heavy atom. The van der Waals surface area contributed by atoms with E-state index in [4.69, 9.17) is 0 Å². The van der Waals surface area contributed by atoms with Gasteiger partial charge in [-0.15, -0.1) is 5.10 Å². The number of anilines is 1. The van der Waals surface area contributed by atoms with Crippen molar-refractivity contribution in [3.8, 4) is 11.4 Å². The molecule has 0 spiro atoms. The molecule has 0 aliphatic carbocycles. The molecule has 3 N–H and O–H groups in total. The molecule has 10 nitrogen and oxygen atoms in total. The van der Waals surface area contributed by atoms with Crippen molar-refractivity contribution in [2.24, 2.45) is 0 Å². The molecule has 3 aromatic heterocycles. The van der Waals surface area contributed by atoms with Crippen LogP contribution in [0, 0.1) is 0 Å². The molecule has 0 unspecified atom stereocenters. The predicted molar refractivity (Wildman–Crippen MR) is 111 cm³/mol. The number of halogens is 3. The second-order valence-electron chi connectivity index (χ2n) is 6.39. The number of hydrogen-bond acceptors (Lipinski definition) is 7. The number of rotatable bonds is 4. The van der Waals surface area contributed by atoms with Crippen LogP contribution in [0.3, 0.4) is 0 Å². The van der Waals surface area contributed by atoms with E-state index in [9.17, 15) is 13.6 Å². The molecule has 0 radical (unpaired) electrons. The Bertz CT molecular complexity index is 1390. The van der Waals surface area contributed by atoms with Crippen LogP contribution in [-0.2, 0) is 4.79 Å². The minimum absolute atomic E-state index is 0.184. The highest BCUT2D eigenvalue weighted by Crippen LogP contribution is 2.29. The molecule has 1 aromatic carbocycles. The fourth-order valence-electron chi connectivity index (χ4n) is 3.01. The number of alkyl halides is 2. The average Bonchev–Trinajstić information content (AvgIpc) is 3.36. The van der Waals surface area contributed by atoms with Gasteiger partial charge in [0.25, 0.3) is 5.91 Å². The molecule has 4 aromatic rings. The van der Waals surface area contributed by atoms with Gasteiger partial charge in [0.15, 0.2) is 11.5 Å². The van der Waals surface area contributed by atoms with Crippen molar-refractivity contribution in [2.75, 3.05) is 5.32 Å². The van der Waals surface area contributed by atoms with E-state index in [0.717, 1.165) is 6.20 Å². The van der Waals surface area contributed by atoms with Crippen LogP contribution in [-0.4, -0.2) is 35.3 Å². The minimum atomic E-state index is -2.77. The van der Waals surface area contributed by atoms with Gasteiger partial charge in [0.1, 0.15) is 5.70 Å². The molecule has 156 valence electrons. The lowest BCUT2D eigenvalue weighted by Gasteiger charge is -2.11. The molecule has 0 saturated carbocycles. The van der Waals surface area contributed by atoms with Gasteiger partial charge in [-0.2, -0.15) is 18.4 Å². The first kappa shape index (κ1) is 19.1. The predicted octanol–water partition coefficient (Wildman–Crippen LogP) is 2.74. The molecule has 31 heavy (non-hydrogen) atoms.